The summed E-state index contributed by atoms with van der Waals surface area (Å²) in [5.41, 5.74) is -1.60. The van der Waals surface area contributed by atoms with Gasteiger partial charge in [0.1, 0.15) is 11.6 Å². The molecular formula is C22H27N3O4S. The van der Waals surface area contributed by atoms with Crippen LogP contribution in [0.25, 0.3) is 0 Å². The van der Waals surface area contributed by atoms with Gasteiger partial charge in [0.05, 0.1) is 24.5 Å². The van der Waals surface area contributed by atoms with E-state index >= 15 is 0 Å². The van der Waals surface area contributed by atoms with Crippen molar-refractivity contribution in [3.8, 4) is 0 Å². The molecule has 5 atom stereocenters. The molecule has 1 aromatic heterocycles. The molecule has 160 valence electrons. The maximum absolute atomic E-state index is 13.4. The average molecular weight is 430 g/mol. The monoisotopic (exact) mass is 429 g/mol. The van der Waals surface area contributed by atoms with Crippen LogP contribution < -0.4 is 10.6 Å². The van der Waals surface area contributed by atoms with Gasteiger partial charge in [-0.15, -0.1) is 17.9 Å². The molecule has 4 heterocycles. The smallest absolute Gasteiger partial charge is 0.246 e. The molecule has 2 N–H and O–H groups in total. The zero-order valence-corrected chi connectivity index (χ0v) is 18.2. The van der Waals surface area contributed by atoms with Gasteiger partial charge in [-0.05, 0) is 32.2 Å². The Hall–Kier alpha value is -2.45. The summed E-state index contributed by atoms with van der Waals surface area (Å²) in [7, 11) is 0. The van der Waals surface area contributed by atoms with Crippen molar-refractivity contribution >= 4 is 29.1 Å². The van der Waals surface area contributed by atoms with Crippen molar-refractivity contribution in [2.45, 2.75) is 50.6 Å². The number of thiophene rings is 1. The fourth-order valence-electron chi connectivity index (χ4n) is 4.75. The molecule has 3 amide bonds. The van der Waals surface area contributed by atoms with Crippen LogP contribution in [0.3, 0.4) is 0 Å². The minimum absolute atomic E-state index is 0.213. The molecular weight excluding hydrogens is 402 g/mol. The molecule has 0 aromatic carbocycles. The highest BCUT2D eigenvalue weighted by Gasteiger charge is 2.72. The largest absolute Gasteiger partial charge is 0.359 e. The Balaban J connectivity index is 1.63. The van der Waals surface area contributed by atoms with Crippen LogP contribution >= 0.6 is 11.3 Å². The third-order valence-electron chi connectivity index (χ3n) is 5.77. The number of likely N-dealkylation sites (tertiary alicyclic amines) is 1. The van der Waals surface area contributed by atoms with Gasteiger partial charge in [0.15, 0.2) is 0 Å². The van der Waals surface area contributed by atoms with Crippen LogP contribution in [0.4, 0.5) is 0 Å². The Kier molecular flexibility index (Phi) is 5.10. The number of hydrogen-bond acceptors (Lipinski definition) is 5. The summed E-state index contributed by atoms with van der Waals surface area (Å²) in [4.78, 5) is 42.2. The molecule has 0 radical (unpaired) electrons. The van der Waals surface area contributed by atoms with Gasteiger partial charge in [-0.2, -0.15) is 0 Å². The first-order valence-electron chi connectivity index (χ1n) is 10.1. The summed E-state index contributed by atoms with van der Waals surface area (Å²) in [6, 6.07) is 3.03. The molecule has 3 aliphatic heterocycles. The van der Waals surface area contributed by atoms with E-state index < -0.39 is 35.1 Å². The predicted molar refractivity (Wildman–Crippen MR) is 113 cm³/mol. The molecule has 30 heavy (non-hydrogen) atoms. The highest BCUT2D eigenvalue weighted by Crippen LogP contribution is 2.55. The van der Waals surface area contributed by atoms with Crippen LogP contribution in [-0.2, 0) is 25.7 Å². The number of nitrogens with one attached hydrogen (secondary N) is 2. The molecule has 3 aliphatic rings. The van der Waals surface area contributed by atoms with Crippen molar-refractivity contribution in [3.63, 3.8) is 0 Å². The number of ether oxygens (including phenoxy) is 1. The Morgan fingerprint density at radius 2 is 2.13 bits per heavy atom. The normalized spacial score (nSPS) is 31.7. The Morgan fingerprint density at radius 3 is 2.77 bits per heavy atom. The number of nitrogens with zero attached hydrogens (tertiary/aromatic N) is 1. The lowest BCUT2D eigenvalue weighted by atomic mass is 9.74. The van der Waals surface area contributed by atoms with Crippen LogP contribution in [0.2, 0.25) is 0 Å². The maximum Gasteiger partial charge on any atom is 0.246 e. The zero-order valence-electron chi connectivity index (χ0n) is 17.4. The Bertz CT molecular complexity index is 904. The number of rotatable bonds is 6. The van der Waals surface area contributed by atoms with Gasteiger partial charge in [0, 0.05) is 17.0 Å². The third-order valence-corrected chi connectivity index (χ3v) is 6.64. The first-order chi connectivity index (χ1) is 14.2. The maximum atomic E-state index is 13.4. The van der Waals surface area contributed by atoms with Crippen LogP contribution in [-0.4, -0.2) is 52.5 Å². The lowest BCUT2D eigenvalue weighted by Gasteiger charge is -2.34. The second kappa shape index (κ2) is 7.35. The van der Waals surface area contributed by atoms with E-state index in [4.69, 9.17) is 4.74 Å². The number of amides is 3. The van der Waals surface area contributed by atoms with E-state index in [1.165, 1.54) is 4.90 Å². The quantitative estimate of drug-likeness (QED) is 0.673. The van der Waals surface area contributed by atoms with Crippen LogP contribution in [0.15, 0.2) is 42.3 Å². The molecule has 8 heteroatoms. The number of carbonyl (C=O) groups excluding carboxylic acids is 3. The summed E-state index contributed by atoms with van der Waals surface area (Å²) in [6.07, 6.45) is 4.69. The molecule has 7 nitrogen and oxygen atoms in total. The van der Waals surface area contributed by atoms with Crippen LogP contribution in [0, 0.1) is 11.8 Å². The van der Waals surface area contributed by atoms with Crippen molar-refractivity contribution < 1.29 is 19.1 Å². The van der Waals surface area contributed by atoms with Gasteiger partial charge < -0.3 is 20.3 Å². The molecule has 2 saturated heterocycles. The van der Waals surface area contributed by atoms with E-state index in [2.05, 4.69) is 17.2 Å². The third kappa shape index (κ3) is 3.28. The van der Waals surface area contributed by atoms with E-state index in [-0.39, 0.29) is 24.3 Å². The average Bonchev–Trinajstić information content (AvgIpc) is 3.41. The Morgan fingerprint density at radius 1 is 1.37 bits per heavy atom. The van der Waals surface area contributed by atoms with E-state index in [9.17, 15) is 14.4 Å². The van der Waals surface area contributed by atoms with Crippen LogP contribution in [0.5, 0.6) is 0 Å². The predicted octanol–water partition coefficient (Wildman–Crippen LogP) is 1.62. The summed E-state index contributed by atoms with van der Waals surface area (Å²) >= 11 is 1.56. The first-order valence-corrected chi connectivity index (χ1v) is 11.0. The van der Waals surface area contributed by atoms with Gasteiger partial charge in [-0.3, -0.25) is 14.4 Å². The Labute approximate surface area is 180 Å². The van der Waals surface area contributed by atoms with E-state index in [0.29, 0.717) is 6.54 Å². The van der Waals surface area contributed by atoms with Crippen molar-refractivity contribution in [1.82, 2.24) is 15.5 Å². The molecule has 1 spiro atoms. The minimum Gasteiger partial charge on any atom is -0.359 e. The summed E-state index contributed by atoms with van der Waals surface area (Å²) in [6.45, 7) is 10.0. The standard InChI is InChI=1S/C22H27N3O4S/c1-5-10-25-17(19(27)24-21(2,3)4)22-9-8-14(29-22)15(16(22)20(25)28)18(26)23-12-13-7-6-11-30-13/h5-9,11,14-17H,1,10,12H2,2-4H3,(H,23,26)(H,24,27)/t14-,15-,16+,17-,22+/m1/s1. The highest BCUT2D eigenvalue weighted by atomic mass is 32.1. The molecule has 2 fully saturated rings. The van der Waals surface area contributed by atoms with Gasteiger partial charge in [0.2, 0.25) is 17.7 Å². The number of fused-ring (bicyclic) bond motifs is 1. The topological polar surface area (TPSA) is 87.7 Å². The number of carbonyl (C=O) groups is 3. The van der Waals surface area contributed by atoms with E-state index in [1.54, 1.807) is 23.5 Å². The van der Waals surface area contributed by atoms with Gasteiger partial charge in [-0.25, -0.2) is 0 Å². The molecule has 0 unspecified atom stereocenters. The summed E-state index contributed by atoms with van der Waals surface area (Å²) in [5.74, 6) is -2.15. The van der Waals surface area contributed by atoms with Gasteiger partial charge in [-0.1, -0.05) is 24.3 Å². The number of hydrogen-bond donors (Lipinski definition) is 2. The fraction of sp³-hybridized carbons (Fsp3) is 0.500. The van der Waals surface area contributed by atoms with Gasteiger partial charge in [0.25, 0.3) is 0 Å². The van der Waals surface area contributed by atoms with E-state index in [1.807, 2.05) is 44.4 Å². The lowest BCUT2D eigenvalue weighted by Crippen LogP contribution is -2.57. The summed E-state index contributed by atoms with van der Waals surface area (Å²) < 4.78 is 6.22. The fourth-order valence-corrected chi connectivity index (χ4v) is 5.39. The summed E-state index contributed by atoms with van der Waals surface area (Å²) in [5, 5.41) is 7.86. The first kappa shape index (κ1) is 20.8. The highest BCUT2D eigenvalue weighted by molar-refractivity contribution is 7.09. The minimum atomic E-state index is -1.13. The molecule has 0 aliphatic carbocycles. The SMILES string of the molecule is C=CCN1C(=O)[C@@H]2[C@H](C(=O)NCc3cccs3)[C@H]3C=C[C@@]2(O3)[C@H]1C(=O)NC(C)(C)C. The van der Waals surface area contributed by atoms with Gasteiger partial charge >= 0.3 is 0 Å². The molecule has 4 rings (SSSR count). The lowest BCUT2D eigenvalue weighted by molar-refractivity contribution is -0.141. The molecule has 2 bridgehead atoms. The van der Waals surface area contributed by atoms with Crippen molar-refractivity contribution in [3.05, 3.63) is 47.2 Å². The second-order valence-electron chi connectivity index (χ2n) is 9.02. The van der Waals surface area contributed by atoms with Crippen molar-refractivity contribution in [1.29, 1.82) is 0 Å². The van der Waals surface area contributed by atoms with Crippen molar-refractivity contribution in [2.24, 2.45) is 11.8 Å². The zero-order chi connectivity index (χ0) is 21.7. The van der Waals surface area contributed by atoms with Crippen molar-refractivity contribution in [2.75, 3.05) is 6.54 Å². The molecule has 0 saturated carbocycles. The molecule has 1 aromatic rings. The van der Waals surface area contributed by atoms with Crippen LogP contribution in [0.1, 0.15) is 25.6 Å². The van der Waals surface area contributed by atoms with E-state index in [0.717, 1.165) is 4.88 Å². The second-order valence-corrected chi connectivity index (χ2v) is 10.0.